The minimum absolute atomic E-state index is 0.202. The molecule has 0 aromatic heterocycles. The number of rotatable bonds is 7. The molecule has 0 aliphatic carbocycles. The number of hydrogen-bond acceptors (Lipinski definition) is 4. The minimum atomic E-state index is -1.25. The van der Waals surface area contributed by atoms with Crippen LogP contribution in [0.2, 0.25) is 0 Å². The van der Waals surface area contributed by atoms with Gasteiger partial charge < -0.3 is 14.8 Å². The Labute approximate surface area is 156 Å². The van der Waals surface area contributed by atoms with Crippen molar-refractivity contribution in [1.29, 1.82) is 0 Å². The molecular weight excluding hydrogens is 356 g/mol. The molecule has 27 heavy (non-hydrogen) atoms. The van der Waals surface area contributed by atoms with Crippen LogP contribution in [0.4, 0.5) is 14.5 Å². The third kappa shape index (κ3) is 5.77. The van der Waals surface area contributed by atoms with Gasteiger partial charge in [-0.25, -0.2) is 13.6 Å². The van der Waals surface area contributed by atoms with Crippen molar-refractivity contribution >= 4 is 17.6 Å². The molecule has 0 unspecified atom stereocenters. The second-order valence-electron chi connectivity index (χ2n) is 6.37. The monoisotopic (exact) mass is 377 g/mol. The van der Waals surface area contributed by atoms with E-state index in [1.165, 1.54) is 25.1 Å². The normalized spacial score (nSPS) is 11.8. The molecule has 0 spiro atoms. The molecule has 1 N–H and O–H groups in total. The zero-order chi connectivity index (χ0) is 20.0. The first-order valence-corrected chi connectivity index (χ1v) is 8.46. The second kappa shape index (κ2) is 9.12. The van der Waals surface area contributed by atoms with Gasteiger partial charge >= 0.3 is 5.97 Å². The van der Waals surface area contributed by atoms with Crippen molar-refractivity contribution in [3.05, 3.63) is 59.7 Å². The summed E-state index contributed by atoms with van der Waals surface area (Å²) in [6.45, 7) is 5.80. The van der Waals surface area contributed by atoms with Crippen LogP contribution >= 0.6 is 0 Å². The molecule has 0 aliphatic rings. The first-order valence-electron chi connectivity index (χ1n) is 8.46. The lowest BCUT2D eigenvalue weighted by molar-refractivity contribution is -0.123. The van der Waals surface area contributed by atoms with Gasteiger partial charge in [-0.2, -0.15) is 0 Å². The minimum Gasteiger partial charge on any atom is -0.493 e. The number of carbonyl (C=O) groups is 2. The van der Waals surface area contributed by atoms with Crippen LogP contribution in [0.3, 0.4) is 0 Å². The van der Waals surface area contributed by atoms with Crippen molar-refractivity contribution in [3.63, 3.8) is 0 Å². The summed E-state index contributed by atoms with van der Waals surface area (Å²) < 4.78 is 37.8. The van der Waals surface area contributed by atoms with Crippen LogP contribution in [-0.2, 0) is 9.53 Å². The van der Waals surface area contributed by atoms with E-state index in [2.05, 4.69) is 5.32 Å². The molecule has 0 radical (unpaired) electrons. The molecular formula is C20H21F2NO4. The van der Waals surface area contributed by atoms with Gasteiger partial charge in [-0.15, -0.1) is 0 Å². The molecule has 5 nitrogen and oxygen atoms in total. The molecule has 0 aliphatic heterocycles. The highest BCUT2D eigenvalue weighted by atomic mass is 19.1. The number of esters is 1. The van der Waals surface area contributed by atoms with Gasteiger partial charge in [0.05, 0.1) is 12.2 Å². The third-order valence-electron chi connectivity index (χ3n) is 3.52. The molecule has 0 saturated carbocycles. The highest BCUT2D eigenvalue weighted by Crippen LogP contribution is 2.19. The first-order chi connectivity index (χ1) is 12.8. The van der Waals surface area contributed by atoms with Crippen LogP contribution in [0.5, 0.6) is 5.75 Å². The zero-order valence-electron chi connectivity index (χ0n) is 15.3. The van der Waals surface area contributed by atoms with Gasteiger partial charge in [0.1, 0.15) is 23.1 Å². The van der Waals surface area contributed by atoms with E-state index >= 15 is 0 Å². The zero-order valence-corrected chi connectivity index (χ0v) is 15.3. The second-order valence-corrected chi connectivity index (χ2v) is 6.37. The molecule has 1 atom stereocenters. The molecule has 1 amide bonds. The van der Waals surface area contributed by atoms with E-state index in [1.54, 1.807) is 12.1 Å². The third-order valence-corrected chi connectivity index (χ3v) is 3.52. The van der Waals surface area contributed by atoms with E-state index in [4.69, 9.17) is 9.47 Å². The van der Waals surface area contributed by atoms with E-state index in [0.717, 1.165) is 12.1 Å². The van der Waals surface area contributed by atoms with Crippen molar-refractivity contribution < 1.29 is 27.8 Å². The fourth-order valence-corrected chi connectivity index (χ4v) is 2.10. The predicted molar refractivity (Wildman–Crippen MR) is 96.6 cm³/mol. The maximum atomic E-state index is 13.6. The number of benzene rings is 2. The summed E-state index contributed by atoms with van der Waals surface area (Å²) in [4.78, 5) is 24.3. The van der Waals surface area contributed by atoms with E-state index in [0.29, 0.717) is 18.3 Å². The molecule has 144 valence electrons. The molecule has 0 saturated heterocycles. The first kappa shape index (κ1) is 20.4. The lowest BCUT2D eigenvalue weighted by Crippen LogP contribution is -2.30. The molecule has 0 heterocycles. The van der Waals surface area contributed by atoms with Crippen molar-refractivity contribution in [3.8, 4) is 5.75 Å². The highest BCUT2D eigenvalue weighted by molar-refractivity contribution is 5.97. The SMILES string of the molecule is CC(C)COc1cccc(C(=O)O[C@H](C)C(=O)Nc2c(F)cccc2F)c1. The van der Waals surface area contributed by atoms with Gasteiger partial charge in [0.2, 0.25) is 0 Å². The highest BCUT2D eigenvalue weighted by Gasteiger charge is 2.21. The van der Waals surface area contributed by atoms with Crippen LogP contribution in [0.15, 0.2) is 42.5 Å². The van der Waals surface area contributed by atoms with Crippen LogP contribution in [0.1, 0.15) is 31.1 Å². The van der Waals surface area contributed by atoms with Crippen molar-refractivity contribution in [2.75, 3.05) is 11.9 Å². The van der Waals surface area contributed by atoms with Crippen LogP contribution < -0.4 is 10.1 Å². The lowest BCUT2D eigenvalue weighted by atomic mass is 10.2. The summed E-state index contributed by atoms with van der Waals surface area (Å²) in [6.07, 6.45) is -1.25. The largest absolute Gasteiger partial charge is 0.493 e. The van der Waals surface area contributed by atoms with E-state index < -0.39 is 35.3 Å². The molecule has 2 aromatic rings. The van der Waals surface area contributed by atoms with Gasteiger partial charge in [0.15, 0.2) is 6.10 Å². The topological polar surface area (TPSA) is 64.6 Å². The lowest BCUT2D eigenvalue weighted by Gasteiger charge is -2.15. The molecule has 2 aromatic carbocycles. The van der Waals surface area contributed by atoms with Gasteiger partial charge in [-0.05, 0) is 43.2 Å². The Morgan fingerprint density at radius 3 is 2.30 bits per heavy atom. The van der Waals surface area contributed by atoms with Crippen LogP contribution in [0.25, 0.3) is 0 Å². The van der Waals surface area contributed by atoms with E-state index in [-0.39, 0.29) is 5.56 Å². The molecule has 0 bridgehead atoms. The summed E-state index contributed by atoms with van der Waals surface area (Å²) in [5.74, 6) is -2.61. The smallest absolute Gasteiger partial charge is 0.339 e. The fourth-order valence-electron chi connectivity index (χ4n) is 2.10. The summed E-state index contributed by atoms with van der Waals surface area (Å²) in [5.41, 5.74) is -0.387. The van der Waals surface area contributed by atoms with Crippen LogP contribution in [-0.4, -0.2) is 24.6 Å². The summed E-state index contributed by atoms with van der Waals surface area (Å²) in [5, 5.41) is 2.09. The molecule has 2 rings (SSSR count). The maximum absolute atomic E-state index is 13.6. The number of ether oxygens (including phenoxy) is 2. The number of para-hydroxylation sites is 1. The molecule has 7 heteroatoms. The average molecular weight is 377 g/mol. The fraction of sp³-hybridized carbons (Fsp3) is 0.300. The van der Waals surface area contributed by atoms with Gasteiger partial charge in [-0.3, -0.25) is 4.79 Å². The Morgan fingerprint density at radius 1 is 1.04 bits per heavy atom. The van der Waals surface area contributed by atoms with Gasteiger partial charge in [0.25, 0.3) is 5.91 Å². The maximum Gasteiger partial charge on any atom is 0.339 e. The summed E-state index contributed by atoms with van der Waals surface area (Å²) in [7, 11) is 0. The average Bonchev–Trinajstić information content (AvgIpc) is 2.63. The number of carbonyl (C=O) groups excluding carboxylic acids is 2. The Kier molecular flexibility index (Phi) is 6.87. The number of halogens is 2. The van der Waals surface area contributed by atoms with E-state index in [9.17, 15) is 18.4 Å². The Bertz CT molecular complexity index is 803. The summed E-state index contributed by atoms with van der Waals surface area (Å²) in [6, 6.07) is 9.56. The number of nitrogens with one attached hydrogen (secondary N) is 1. The predicted octanol–water partition coefficient (Wildman–Crippen LogP) is 4.18. The Balaban J connectivity index is 2.00. The van der Waals surface area contributed by atoms with Crippen molar-refractivity contribution in [1.82, 2.24) is 0 Å². The standard InChI is InChI=1S/C20H21F2NO4/c1-12(2)11-26-15-7-4-6-14(10-15)20(25)27-13(3)19(24)23-18-16(21)8-5-9-17(18)22/h4-10,12-13H,11H2,1-3H3,(H,23,24)/t13-/m1/s1. The Hall–Kier alpha value is -2.96. The number of hydrogen-bond donors (Lipinski definition) is 1. The number of anilines is 1. The quantitative estimate of drug-likeness (QED) is 0.735. The number of amides is 1. The summed E-state index contributed by atoms with van der Waals surface area (Å²) >= 11 is 0. The Morgan fingerprint density at radius 2 is 1.67 bits per heavy atom. The van der Waals surface area contributed by atoms with Crippen molar-refractivity contribution in [2.45, 2.75) is 26.9 Å². The van der Waals surface area contributed by atoms with Gasteiger partial charge in [-0.1, -0.05) is 26.0 Å². The van der Waals surface area contributed by atoms with Crippen molar-refractivity contribution in [2.24, 2.45) is 5.92 Å². The molecule has 0 fully saturated rings. The van der Waals surface area contributed by atoms with Gasteiger partial charge in [0, 0.05) is 0 Å². The van der Waals surface area contributed by atoms with Crippen LogP contribution in [0, 0.1) is 17.6 Å². The van der Waals surface area contributed by atoms with E-state index in [1.807, 2.05) is 13.8 Å².